The van der Waals surface area contributed by atoms with E-state index in [1.165, 1.54) is 12.1 Å². The van der Waals surface area contributed by atoms with Crippen LogP contribution in [0.3, 0.4) is 0 Å². The highest BCUT2D eigenvalue weighted by molar-refractivity contribution is 5.93. The Morgan fingerprint density at radius 1 is 1.29 bits per heavy atom. The molecule has 0 saturated carbocycles. The fourth-order valence-corrected chi connectivity index (χ4v) is 2.56. The molecule has 1 aliphatic heterocycles. The largest absolute Gasteiger partial charge is 0.382 e. The van der Waals surface area contributed by atoms with E-state index in [2.05, 4.69) is 15.5 Å². The molecular formula is C15H17FN4O. The van der Waals surface area contributed by atoms with E-state index in [-0.39, 0.29) is 11.7 Å². The van der Waals surface area contributed by atoms with Gasteiger partial charge in [-0.15, -0.1) is 0 Å². The number of rotatable bonds is 3. The maximum atomic E-state index is 12.9. The average molecular weight is 288 g/mol. The van der Waals surface area contributed by atoms with Gasteiger partial charge in [-0.1, -0.05) is 0 Å². The van der Waals surface area contributed by atoms with E-state index in [0.717, 1.165) is 18.5 Å². The summed E-state index contributed by atoms with van der Waals surface area (Å²) in [5, 5.41) is 9.83. The van der Waals surface area contributed by atoms with Gasteiger partial charge in [0.1, 0.15) is 5.82 Å². The second kappa shape index (κ2) is 5.95. The Labute approximate surface area is 122 Å². The SMILES string of the molecule is O=C(c1cn[nH]c1)N1CCC(Nc2ccc(F)cc2)CC1. The number of carbonyl (C=O) groups is 1. The number of benzene rings is 1. The first-order chi connectivity index (χ1) is 10.2. The molecule has 1 amide bonds. The molecule has 2 heterocycles. The zero-order valence-electron chi connectivity index (χ0n) is 11.6. The minimum atomic E-state index is -0.235. The van der Waals surface area contributed by atoms with Crippen LogP contribution in [0.1, 0.15) is 23.2 Å². The molecule has 0 aliphatic carbocycles. The number of nitrogens with one attached hydrogen (secondary N) is 2. The van der Waals surface area contributed by atoms with E-state index < -0.39 is 0 Å². The fourth-order valence-electron chi connectivity index (χ4n) is 2.56. The predicted molar refractivity (Wildman–Crippen MR) is 77.5 cm³/mol. The molecule has 1 fully saturated rings. The maximum absolute atomic E-state index is 12.9. The molecule has 2 N–H and O–H groups in total. The van der Waals surface area contributed by atoms with Crippen molar-refractivity contribution in [3.8, 4) is 0 Å². The van der Waals surface area contributed by atoms with E-state index in [4.69, 9.17) is 0 Å². The quantitative estimate of drug-likeness (QED) is 0.910. The van der Waals surface area contributed by atoms with Crippen LogP contribution in [0.15, 0.2) is 36.7 Å². The summed E-state index contributed by atoms with van der Waals surface area (Å²) in [6.45, 7) is 1.42. The minimum Gasteiger partial charge on any atom is -0.382 e. The van der Waals surface area contributed by atoms with Crippen LogP contribution in [-0.2, 0) is 0 Å². The van der Waals surface area contributed by atoms with E-state index in [0.29, 0.717) is 24.7 Å². The molecule has 0 atom stereocenters. The van der Waals surface area contributed by atoms with Gasteiger partial charge in [0, 0.05) is 31.0 Å². The summed E-state index contributed by atoms with van der Waals surface area (Å²) in [6.07, 6.45) is 4.91. The number of amides is 1. The highest BCUT2D eigenvalue weighted by atomic mass is 19.1. The number of carbonyl (C=O) groups excluding carboxylic acids is 1. The second-order valence-electron chi connectivity index (χ2n) is 5.20. The first-order valence-corrected chi connectivity index (χ1v) is 7.02. The standard InChI is InChI=1S/C15H17FN4O/c16-12-1-3-13(4-2-12)19-14-5-7-20(8-6-14)15(21)11-9-17-18-10-11/h1-4,9-10,14,19H,5-8H2,(H,17,18). The second-order valence-corrected chi connectivity index (χ2v) is 5.20. The number of hydrogen-bond acceptors (Lipinski definition) is 3. The minimum absolute atomic E-state index is 0.0176. The van der Waals surface area contributed by atoms with E-state index in [1.807, 2.05) is 4.90 Å². The third-order valence-electron chi connectivity index (χ3n) is 3.74. The number of nitrogens with zero attached hydrogens (tertiary/aromatic N) is 2. The number of H-pyrrole nitrogens is 1. The Kier molecular flexibility index (Phi) is 3.85. The van der Waals surface area contributed by atoms with Crippen LogP contribution < -0.4 is 5.32 Å². The van der Waals surface area contributed by atoms with Gasteiger partial charge in [0.05, 0.1) is 11.8 Å². The van der Waals surface area contributed by atoms with Gasteiger partial charge in [-0.3, -0.25) is 9.89 Å². The van der Waals surface area contributed by atoms with Gasteiger partial charge < -0.3 is 10.2 Å². The van der Waals surface area contributed by atoms with Crippen LogP contribution in [0.4, 0.5) is 10.1 Å². The predicted octanol–water partition coefficient (Wildman–Crippen LogP) is 2.27. The van der Waals surface area contributed by atoms with Crippen molar-refractivity contribution >= 4 is 11.6 Å². The average Bonchev–Trinajstić information content (AvgIpc) is 3.04. The van der Waals surface area contributed by atoms with E-state index in [9.17, 15) is 9.18 Å². The van der Waals surface area contributed by atoms with Crippen molar-refractivity contribution in [1.82, 2.24) is 15.1 Å². The molecular weight excluding hydrogens is 271 g/mol. The lowest BCUT2D eigenvalue weighted by Crippen LogP contribution is -2.42. The molecule has 0 unspecified atom stereocenters. The monoisotopic (exact) mass is 288 g/mol. The van der Waals surface area contributed by atoms with Crippen LogP contribution >= 0.6 is 0 Å². The lowest BCUT2D eigenvalue weighted by atomic mass is 10.0. The number of aromatic nitrogens is 2. The zero-order valence-corrected chi connectivity index (χ0v) is 11.6. The topological polar surface area (TPSA) is 61.0 Å². The van der Waals surface area contributed by atoms with Crippen LogP contribution in [-0.4, -0.2) is 40.1 Å². The molecule has 3 rings (SSSR count). The molecule has 0 radical (unpaired) electrons. The highest BCUT2D eigenvalue weighted by Gasteiger charge is 2.23. The Morgan fingerprint density at radius 2 is 2.00 bits per heavy atom. The van der Waals surface area contributed by atoms with Crippen molar-refractivity contribution in [1.29, 1.82) is 0 Å². The lowest BCUT2D eigenvalue weighted by molar-refractivity contribution is 0.0718. The first kappa shape index (κ1) is 13.6. The summed E-state index contributed by atoms with van der Waals surface area (Å²) in [6, 6.07) is 6.67. The lowest BCUT2D eigenvalue weighted by Gasteiger charge is -2.32. The van der Waals surface area contributed by atoms with Gasteiger partial charge in [-0.25, -0.2) is 4.39 Å². The van der Waals surface area contributed by atoms with Crippen LogP contribution in [0.5, 0.6) is 0 Å². The van der Waals surface area contributed by atoms with Gasteiger partial charge in [-0.05, 0) is 37.1 Å². The van der Waals surface area contributed by atoms with Gasteiger partial charge in [0.2, 0.25) is 0 Å². The van der Waals surface area contributed by atoms with Crippen molar-refractivity contribution in [2.24, 2.45) is 0 Å². The molecule has 110 valence electrons. The Balaban J connectivity index is 1.53. The van der Waals surface area contributed by atoms with Gasteiger partial charge in [0.25, 0.3) is 5.91 Å². The third kappa shape index (κ3) is 3.21. The fraction of sp³-hybridized carbons (Fsp3) is 0.333. The van der Waals surface area contributed by atoms with Crippen LogP contribution in [0.25, 0.3) is 0 Å². The molecule has 5 nitrogen and oxygen atoms in total. The van der Waals surface area contributed by atoms with Crippen molar-refractivity contribution in [2.75, 3.05) is 18.4 Å². The molecule has 0 bridgehead atoms. The Morgan fingerprint density at radius 3 is 2.62 bits per heavy atom. The summed E-state index contributed by atoms with van der Waals surface area (Å²) in [5.74, 6) is -0.218. The zero-order chi connectivity index (χ0) is 14.7. The Bertz CT molecular complexity index is 589. The molecule has 1 aromatic heterocycles. The van der Waals surface area contributed by atoms with Crippen LogP contribution in [0.2, 0.25) is 0 Å². The molecule has 21 heavy (non-hydrogen) atoms. The maximum Gasteiger partial charge on any atom is 0.257 e. The van der Waals surface area contributed by atoms with Crippen LogP contribution in [0, 0.1) is 5.82 Å². The van der Waals surface area contributed by atoms with Gasteiger partial charge in [0.15, 0.2) is 0 Å². The van der Waals surface area contributed by atoms with Crippen molar-refractivity contribution in [3.63, 3.8) is 0 Å². The molecule has 2 aromatic rings. The van der Waals surface area contributed by atoms with E-state index in [1.54, 1.807) is 24.5 Å². The smallest absolute Gasteiger partial charge is 0.257 e. The molecule has 0 spiro atoms. The number of aromatic amines is 1. The van der Waals surface area contributed by atoms with Crippen molar-refractivity contribution in [3.05, 3.63) is 48.0 Å². The summed E-state index contributed by atoms with van der Waals surface area (Å²) < 4.78 is 12.9. The number of halogens is 1. The summed E-state index contributed by atoms with van der Waals surface area (Å²) in [4.78, 5) is 14.0. The first-order valence-electron chi connectivity index (χ1n) is 7.02. The molecule has 1 aliphatic rings. The van der Waals surface area contributed by atoms with Gasteiger partial charge >= 0.3 is 0 Å². The van der Waals surface area contributed by atoms with Crippen molar-refractivity contribution in [2.45, 2.75) is 18.9 Å². The molecule has 6 heteroatoms. The Hall–Kier alpha value is -2.37. The molecule has 1 aromatic carbocycles. The highest BCUT2D eigenvalue weighted by Crippen LogP contribution is 2.18. The number of piperidine rings is 1. The summed E-state index contributed by atoms with van der Waals surface area (Å²) in [5.41, 5.74) is 1.51. The number of hydrogen-bond donors (Lipinski definition) is 2. The summed E-state index contributed by atoms with van der Waals surface area (Å²) in [7, 11) is 0. The third-order valence-corrected chi connectivity index (χ3v) is 3.74. The summed E-state index contributed by atoms with van der Waals surface area (Å²) >= 11 is 0. The number of likely N-dealkylation sites (tertiary alicyclic amines) is 1. The number of anilines is 1. The normalized spacial score (nSPS) is 16.0. The van der Waals surface area contributed by atoms with Gasteiger partial charge in [-0.2, -0.15) is 5.10 Å². The van der Waals surface area contributed by atoms with E-state index >= 15 is 0 Å². The van der Waals surface area contributed by atoms with Crippen molar-refractivity contribution < 1.29 is 9.18 Å². The molecule has 1 saturated heterocycles.